The number of aromatic nitrogens is 3. The highest BCUT2D eigenvalue weighted by Crippen LogP contribution is 2.29. The number of hydrogen-bond acceptors (Lipinski definition) is 3. The van der Waals surface area contributed by atoms with Gasteiger partial charge in [0.05, 0.1) is 0 Å². The highest BCUT2D eigenvalue weighted by molar-refractivity contribution is 6.46. The van der Waals surface area contributed by atoms with E-state index in [9.17, 15) is 0 Å². The Hall–Kier alpha value is -0.610. The molecule has 0 spiro atoms. The van der Waals surface area contributed by atoms with Crippen molar-refractivity contribution in [3.63, 3.8) is 0 Å². The van der Waals surface area contributed by atoms with Crippen LogP contribution < -0.4 is 0 Å². The molecule has 0 aliphatic carbocycles. The number of halogens is 4. The van der Waals surface area contributed by atoms with Gasteiger partial charge in [0.1, 0.15) is 10.2 Å². The van der Waals surface area contributed by atoms with E-state index in [1.165, 1.54) is 6.20 Å². The van der Waals surface area contributed by atoms with E-state index in [2.05, 4.69) is 15.0 Å². The standard InChI is InChI=1S/C9H3Cl4N3/c10-5-3-4(1-2-14-5)9-15-7(12)6(11)8(13)16-9/h1-3H. The van der Waals surface area contributed by atoms with E-state index in [0.29, 0.717) is 16.5 Å². The number of rotatable bonds is 1. The molecule has 0 saturated heterocycles. The second-order valence-electron chi connectivity index (χ2n) is 2.81. The summed E-state index contributed by atoms with van der Waals surface area (Å²) in [7, 11) is 0. The maximum absolute atomic E-state index is 5.79. The summed E-state index contributed by atoms with van der Waals surface area (Å²) in [5, 5.41) is 0.671. The maximum atomic E-state index is 5.79. The number of nitrogens with zero attached hydrogens (tertiary/aromatic N) is 3. The first-order chi connectivity index (χ1) is 7.58. The molecule has 0 aliphatic rings. The van der Waals surface area contributed by atoms with Crippen molar-refractivity contribution < 1.29 is 0 Å². The average Bonchev–Trinajstić information content (AvgIpc) is 2.25. The van der Waals surface area contributed by atoms with Gasteiger partial charge in [0.2, 0.25) is 0 Å². The van der Waals surface area contributed by atoms with Gasteiger partial charge in [0, 0.05) is 11.8 Å². The monoisotopic (exact) mass is 293 g/mol. The normalized spacial score (nSPS) is 10.5. The zero-order chi connectivity index (χ0) is 11.7. The van der Waals surface area contributed by atoms with Crippen molar-refractivity contribution in [2.24, 2.45) is 0 Å². The zero-order valence-corrected chi connectivity index (χ0v) is 10.6. The summed E-state index contributed by atoms with van der Waals surface area (Å²) < 4.78 is 0. The van der Waals surface area contributed by atoms with Crippen LogP contribution in [0.5, 0.6) is 0 Å². The molecule has 0 aromatic carbocycles. The van der Waals surface area contributed by atoms with Crippen LogP contribution in [0, 0.1) is 0 Å². The largest absolute Gasteiger partial charge is 0.245 e. The van der Waals surface area contributed by atoms with Crippen LogP contribution in [0.15, 0.2) is 18.3 Å². The molecule has 82 valence electrons. The minimum absolute atomic E-state index is 0.101. The summed E-state index contributed by atoms with van der Waals surface area (Å²) in [5.74, 6) is 0.351. The van der Waals surface area contributed by atoms with Crippen LogP contribution in [0.2, 0.25) is 20.5 Å². The second kappa shape index (κ2) is 4.72. The quantitative estimate of drug-likeness (QED) is 0.586. The van der Waals surface area contributed by atoms with Gasteiger partial charge in [0.15, 0.2) is 16.1 Å². The molecule has 16 heavy (non-hydrogen) atoms. The Labute approximate surface area is 111 Å². The number of pyridine rings is 1. The van der Waals surface area contributed by atoms with Crippen molar-refractivity contribution in [2.75, 3.05) is 0 Å². The molecule has 2 aromatic rings. The van der Waals surface area contributed by atoms with Crippen molar-refractivity contribution in [3.05, 3.63) is 38.8 Å². The van der Waals surface area contributed by atoms with Crippen molar-refractivity contribution in [3.8, 4) is 11.4 Å². The van der Waals surface area contributed by atoms with Crippen molar-refractivity contribution in [1.82, 2.24) is 15.0 Å². The van der Waals surface area contributed by atoms with E-state index in [4.69, 9.17) is 46.4 Å². The van der Waals surface area contributed by atoms with Crippen LogP contribution in [-0.4, -0.2) is 15.0 Å². The first-order valence-electron chi connectivity index (χ1n) is 4.08. The molecule has 2 rings (SSSR count). The lowest BCUT2D eigenvalue weighted by Gasteiger charge is -2.03. The third-order valence-corrected chi connectivity index (χ3v) is 3.06. The lowest BCUT2D eigenvalue weighted by molar-refractivity contribution is 1.17. The fourth-order valence-electron chi connectivity index (χ4n) is 1.06. The Morgan fingerprint density at radius 3 is 2.12 bits per heavy atom. The molecule has 2 aromatic heterocycles. The second-order valence-corrected chi connectivity index (χ2v) is 4.29. The van der Waals surface area contributed by atoms with Gasteiger partial charge in [-0.15, -0.1) is 0 Å². The van der Waals surface area contributed by atoms with Gasteiger partial charge < -0.3 is 0 Å². The Balaban J connectivity index is 2.57. The van der Waals surface area contributed by atoms with Gasteiger partial charge in [-0.25, -0.2) is 15.0 Å². The molecule has 0 atom stereocenters. The van der Waals surface area contributed by atoms with Gasteiger partial charge in [0.25, 0.3) is 0 Å². The highest BCUT2D eigenvalue weighted by Gasteiger charge is 2.11. The van der Waals surface area contributed by atoms with E-state index >= 15 is 0 Å². The van der Waals surface area contributed by atoms with Gasteiger partial charge in [-0.1, -0.05) is 46.4 Å². The van der Waals surface area contributed by atoms with Crippen molar-refractivity contribution in [2.45, 2.75) is 0 Å². The lowest BCUT2D eigenvalue weighted by atomic mass is 10.2. The summed E-state index contributed by atoms with van der Waals surface area (Å²) in [6.07, 6.45) is 1.54. The fourth-order valence-corrected chi connectivity index (χ4v) is 1.71. The smallest absolute Gasteiger partial charge is 0.162 e. The van der Waals surface area contributed by atoms with Crippen molar-refractivity contribution in [1.29, 1.82) is 0 Å². The van der Waals surface area contributed by atoms with Crippen molar-refractivity contribution >= 4 is 46.4 Å². The Morgan fingerprint density at radius 1 is 0.938 bits per heavy atom. The SMILES string of the molecule is Clc1cc(-c2nc(Cl)c(Cl)c(Cl)n2)ccn1. The average molecular weight is 295 g/mol. The molecule has 7 heteroatoms. The van der Waals surface area contributed by atoms with E-state index in [0.717, 1.165) is 0 Å². The van der Waals surface area contributed by atoms with E-state index in [-0.39, 0.29) is 15.3 Å². The molecule has 2 heterocycles. The van der Waals surface area contributed by atoms with E-state index in [1.807, 2.05) is 0 Å². The fraction of sp³-hybridized carbons (Fsp3) is 0. The molecule has 0 fully saturated rings. The van der Waals surface area contributed by atoms with Crippen LogP contribution >= 0.6 is 46.4 Å². The van der Waals surface area contributed by atoms with Crippen LogP contribution in [-0.2, 0) is 0 Å². The minimum atomic E-state index is 0.101. The predicted molar refractivity (Wildman–Crippen MR) is 65.3 cm³/mol. The maximum Gasteiger partial charge on any atom is 0.162 e. The topological polar surface area (TPSA) is 38.7 Å². The van der Waals surface area contributed by atoms with Crippen LogP contribution in [0.1, 0.15) is 0 Å². The van der Waals surface area contributed by atoms with Gasteiger partial charge in [-0.3, -0.25) is 0 Å². The van der Waals surface area contributed by atoms with E-state index < -0.39 is 0 Å². The first kappa shape index (κ1) is 11.9. The molecular formula is C9H3Cl4N3. The molecule has 0 unspecified atom stereocenters. The molecule has 0 aliphatic heterocycles. The highest BCUT2D eigenvalue weighted by atomic mass is 35.5. The minimum Gasteiger partial charge on any atom is -0.245 e. The van der Waals surface area contributed by atoms with Crippen LogP contribution in [0.4, 0.5) is 0 Å². The molecule has 3 nitrogen and oxygen atoms in total. The molecule has 0 amide bonds. The van der Waals surface area contributed by atoms with E-state index in [1.54, 1.807) is 12.1 Å². The molecule has 0 radical (unpaired) electrons. The summed E-state index contributed by atoms with van der Waals surface area (Å²) in [6, 6.07) is 3.30. The number of hydrogen-bond donors (Lipinski definition) is 0. The Bertz CT molecular complexity index is 521. The first-order valence-corrected chi connectivity index (χ1v) is 5.59. The zero-order valence-electron chi connectivity index (χ0n) is 7.59. The molecule has 0 saturated carbocycles. The Kier molecular flexibility index (Phi) is 3.50. The lowest BCUT2D eigenvalue weighted by Crippen LogP contribution is -1.92. The van der Waals surface area contributed by atoms with Gasteiger partial charge in [-0.2, -0.15) is 0 Å². The molecule has 0 bridgehead atoms. The summed E-state index contributed by atoms with van der Waals surface area (Å²) in [5.41, 5.74) is 0.667. The summed E-state index contributed by atoms with van der Waals surface area (Å²) >= 11 is 23.1. The summed E-state index contributed by atoms with van der Waals surface area (Å²) in [6.45, 7) is 0. The van der Waals surface area contributed by atoms with Gasteiger partial charge >= 0.3 is 0 Å². The van der Waals surface area contributed by atoms with Gasteiger partial charge in [-0.05, 0) is 12.1 Å². The molecule has 0 N–H and O–H groups in total. The Morgan fingerprint density at radius 2 is 1.56 bits per heavy atom. The van der Waals surface area contributed by atoms with Crippen LogP contribution in [0.25, 0.3) is 11.4 Å². The third-order valence-electron chi connectivity index (χ3n) is 1.76. The molecular weight excluding hydrogens is 292 g/mol. The third kappa shape index (κ3) is 2.38. The summed E-state index contributed by atoms with van der Waals surface area (Å²) in [4.78, 5) is 11.8. The predicted octanol–water partition coefficient (Wildman–Crippen LogP) is 4.15. The van der Waals surface area contributed by atoms with Crippen LogP contribution in [0.3, 0.4) is 0 Å².